The van der Waals surface area contributed by atoms with Crippen molar-refractivity contribution in [3.05, 3.63) is 40.5 Å². The second kappa shape index (κ2) is 6.20. The number of thiophene rings is 1. The van der Waals surface area contributed by atoms with E-state index < -0.39 is 6.10 Å². The maximum atomic E-state index is 9.51. The number of hydrogen-bond acceptors (Lipinski definition) is 5. The number of aryl methyl sites for hydroxylation is 1. The molecule has 0 radical (unpaired) electrons. The lowest BCUT2D eigenvalue weighted by Gasteiger charge is -2.10. The summed E-state index contributed by atoms with van der Waals surface area (Å²) in [5, 5.41) is 13.8. The highest BCUT2D eigenvalue weighted by molar-refractivity contribution is 7.19. The Morgan fingerprint density at radius 2 is 2.00 bits per heavy atom. The third-order valence-corrected chi connectivity index (χ3v) is 4.50. The highest BCUT2D eigenvalue weighted by atomic mass is 35.5. The summed E-state index contributed by atoms with van der Waals surface area (Å²) in [6, 6.07) is 10.2. The van der Waals surface area contributed by atoms with E-state index in [0.717, 1.165) is 26.2 Å². The van der Waals surface area contributed by atoms with E-state index >= 15 is 0 Å². The van der Waals surface area contributed by atoms with Crippen LogP contribution in [-0.2, 0) is 0 Å². The van der Waals surface area contributed by atoms with Gasteiger partial charge < -0.3 is 10.4 Å². The molecule has 1 unspecified atom stereocenters. The Balaban J connectivity index is 2.22. The van der Waals surface area contributed by atoms with Gasteiger partial charge in [0, 0.05) is 17.0 Å². The van der Waals surface area contributed by atoms with Crippen molar-refractivity contribution in [3.8, 4) is 11.1 Å². The summed E-state index contributed by atoms with van der Waals surface area (Å²) in [6.45, 7) is 4.20. The van der Waals surface area contributed by atoms with Crippen LogP contribution in [0.15, 0.2) is 30.3 Å². The van der Waals surface area contributed by atoms with Gasteiger partial charge in [0.2, 0.25) is 5.28 Å². The van der Waals surface area contributed by atoms with Gasteiger partial charge >= 0.3 is 0 Å². The fourth-order valence-corrected chi connectivity index (χ4v) is 3.67. The summed E-state index contributed by atoms with van der Waals surface area (Å²) < 4.78 is 0. The maximum absolute atomic E-state index is 9.51. The van der Waals surface area contributed by atoms with Crippen LogP contribution < -0.4 is 5.32 Å². The first-order valence-electron chi connectivity index (χ1n) is 7.00. The maximum Gasteiger partial charge on any atom is 0.225 e. The van der Waals surface area contributed by atoms with Gasteiger partial charge in [0.05, 0.1) is 11.5 Å². The van der Waals surface area contributed by atoms with Crippen LogP contribution in [-0.4, -0.2) is 27.7 Å². The molecule has 114 valence electrons. The van der Waals surface area contributed by atoms with E-state index in [9.17, 15) is 5.11 Å². The first-order valence-corrected chi connectivity index (χ1v) is 8.19. The molecule has 1 aromatic carbocycles. The molecule has 0 aliphatic rings. The first kappa shape index (κ1) is 15.2. The Hall–Kier alpha value is -1.69. The second-order valence-electron chi connectivity index (χ2n) is 5.15. The van der Waals surface area contributed by atoms with Crippen LogP contribution in [0.5, 0.6) is 0 Å². The Labute approximate surface area is 137 Å². The molecule has 22 heavy (non-hydrogen) atoms. The normalized spacial score (nSPS) is 12.5. The molecule has 0 bridgehead atoms. The molecule has 2 heterocycles. The molecule has 0 fully saturated rings. The van der Waals surface area contributed by atoms with Crippen molar-refractivity contribution in [2.24, 2.45) is 0 Å². The summed E-state index contributed by atoms with van der Waals surface area (Å²) in [5.74, 6) is 0.666. The molecule has 2 N–H and O–H groups in total. The SMILES string of the molecule is Cc1sc2nc(Cl)nc(NCC(C)O)c2c1-c1ccccc1. The molecule has 0 saturated carbocycles. The summed E-state index contributed by atoms with van der Waals surface area (Å²) in [7, 11) is 0. The van der Waals surface area contributed by atoms with E-state index in [1.54, 1.807) is 18.3 Å². The molecule has 6 heteroatoms. The molecular formula is C16H16ClN3OS. The number of halogens is 1. The monoisotopic (exact) mass is 333 g/mol. The van der Waals surface area contributed by atoms with Gasteiger partial charge in [0.1, 0.15) is 10.6 Å². The van der Waals surface area contributed by atoms with Crippen molar-refractivity contribution < 1.29 is 5.11 Å². The molecule has 3 aromatic rings. The van der Waals surface area contributed by atoms with Gasteiger partial charge in [-0.2, -0.15) is 0 Å². The van der Waals surface area contributed by atoms with Crippen molar-refractivity contribution in [2.75, 3.05) is 11.9 Å². The number of benzene rings is 1. The molecule has 2 aromatic heterocycles. The summed E-state index contributed by atoms with van der Waals surface area (Å²) >= 11 is 7.63. The lowest BCUT2D eigenvalue weighted by Crippen LogP contribution is -2.16. The third kappa shape index (κ3) is 2.92. The number of fused-ring (bicyclic) bond motifs is 1. The predicted molar refractivity (Wildman–Crippen MR) is 92.8 cm³/mol. The predicted octanol–water partition coefficient (Wildman–Crippen LogP) is 4.11. The number of nitrogens with one attached hydrogen (secondary N) is 1. The number of nitrogens with zero attached hydrogens (tertiary/aromatic N) is 2. The van der Waals surface area contributed by atoms with Crippen LogP contribution in [0.1, 0.15) is 11.8 Å². The number of aliphatic hydroxyl groups excluding tert-OH is 1. The number of anilines is 1. The van der Waals surface area contributed by atoms with Crippen LogP contribution in [0.4, 0.5) is 5.82 Å². The Morgan fingerprint density at radius 3 is 2.68 bits per heavy atom. The van der Waals surface area contributed by atoms with E-state index in [4.69, 9.17) is 11.6 Å². The van der Waals surface area contributed by atoms with Crippen LogP contribution in [0.3, 0.4) is 0 Å². The zero-order valence-corrected chi connectivity index (χ0v) is 13.9. The Morgan fingerprint density at radius 1 is 1.27 bits per heavy atom. The van der Waals surface area contributed by atoms with E-state index in [1.807, 2.05) is 18.2 Å². The first-order chi connectivity index (χ1) is 10.6. The minimum Gasteiger partial charge on any atom is -0.392 e. The largest absolute Gasteiger partial charge is 0.392 e. The van der Waals surface area contributed by atoms with Crippen molar-refractivity contribution in [1.29, 1.82) is 0 Å². The molecule has 0 aliphatic carbocycles. The van der Waals surface area contributed by atoms with E-state index in [2.05, 4.69) is 34.3 Å². The second-order valence-corrected chi connectivity index (χ2v) is 6.69. The molecule has 0 aliphatic heterocycles. The van der Waals surface area contributed by atoms with Crippen LogP contribution in [0, 0.1) is 6.92 Å². The van der Waals surface area contributed by atoms with Gasteiger partial charge in [0.15, 0.2) is 0 Å². The lowest BCUT2D eigenvalue weighted by atomic mass is 10.0. The zero-order chi connectivity index (χ0) is 15.7. The lowest BCUT2D eigenvalue weighted by molar-refractivity contribution is 0.208. The molecule has 0 amide bonds. The molecule has 4 nitrogen and oxygen atoms in total. The van der Waals surface area contributed by atoms with Gasteiger partial charge in [-0.3, -0.25) is 0 Å². The summed E-state index contributed by atoms with van der Waals surface area (Å²) in [4.78, 5) is 10.7. The number of rotatable bonds is 4. The van der Waals surface area contributed by atoms with Crippen molar-refractivity contribution in [1.82, 2.24) is 9.97 Å². The standard InChI is InChI=1S/C16H16ClN3OS/c1-9(21)8-18-14-13-12(11-6-4-3-5-7-11)10(2)22-15(13)20-16(17)19-14/h3-7,9,21H,8H2,1-2H3,(H,18,19,20). The van der Waals surface area contributed by atoms with E-state index in [0.29, 0.717) is 12.4 Å². The fraction of sp³-hybridized carbons (Fsp3) is 0.250. The topological polar surface area (TPSA) is 58.0 Å². The molecule has 0 saturated heterocycles. The van der Waals surface area contributed by atoms with Crippen LogP contribution in [0.25, 0.3) is 21.3 Å². The van der Waals surface area contributed by atoms with Gasteiger partial charge in [-0.15, -0.1) is 11.3 Å². The zero-order valence-electron chi connectivity index (χ0n) is 12.3. The van der Waals surface area contributed by atoms with Crippen LogP contribution in [0.2, 0.25) is 5.28 Å². The number of hydrogen-bond donors (Lipinski definition) is 2. The van der Waals surface area contributed by atoms with Gasteiger partial charge in [-0.05, 0) is 31.0 Å². The average Bonchev–Trinajstić information content (AvgIpc) is 2.81. The van der Waals surface area contributed by atoms with Crippen molar-refractivity contribution in [3.63, 3.8) is 0 Å². The van der Waals surface area contributed by atoms with Crippen molar-refractivity contribution >= 4 is 39.0 Å². The van der Waals surface area contributed by atoms with Gasteiger partial charge in [0.25, 0.3) is 0 Å². The third-order valence-electron chi connectivity index (χ3n) is 3.33. The van der Waals surface area contributed by atoms with E-state index in [-0.39, 0.29) is 5.28 Å². The quantitative estimate of drug-likeness (QED) is 0.705. The molecule has 0 spiro atoms. The highest BCUT2D eigenvalue weighted by Crippen LogP contribution is 2.40. The van der Waals surface area contributed by atoms with E-state index in [1.165, 1.54) is 0 Å². The number of aliphatic hydroxyl groups is 1. The van der Waals surface area contributed by atoms with Crippen LogP contribution >= 0.6 is 22.9 Å². The van der Waals surface area contributed by atoms with Gasteiger partial charge in [-0.1, -0.05) is 30.3 Å². The average molecular weight is 334 g/mol. The summed E-state index contributed by atoms with van der Waals surface area (Å²) in [5.41, 5.74) is 2.24. The highest BCUT2D eigenvalue weighted by Gasteiger charge is 2.18. The minimum absolute atomic E-state index is 0.210. The Bertz CT molecular complexity index is 802. The Kier molecular flexibility index (Phi) is 4.29. The number of aromatic nitrogens is 2. The molecule has 1 atom stereocenters. The van der Waals surface area contributed by atoms with Crippen molar-refractivity contribution in [2.45, 2.75) is 20.0 Å². The summed E-state index contributed by atoms with van der Waals surface area (Å²) in [6.07, 6.45) is -0.469. The molecule has 3 rings (SSSR count). The smallest absolute Gasteiger partial charge is 0.225 e. The fourth-order valence-electron chi connectivity index (χ4n) is 2.41. The molecular weight excluding hydrogens is 318 g/mol. The van der Waals surface area contributed by atoms with Gasteiger partial charge in [-0.25, -0.2) is 9.97 Å². The minimum atomic E-state index is -0.469.